The van der Waals surface area contributed by atoms with Crippen molar-refractivity contribution in [2.24, 2.45) is 0 Å². The molecule has 4 aromatic rings. The fourth-order valence-corrected chi connectivity index (χ4v) is 5.44. The molecule has 0 N–H and O–H groups in total. The molecule has 2 aromatic heterocycles. The Morgan fingerprint density at radius 2 is 1.07 bits per heavy atom. The number of esters is 2. The predicted octanol–water partition coefficient (Wildman–Crippen LogP) is 7.11. The molecule has 0 radical (unpaired) electrons. The number of ether oxygens (including phenoxy) is 4. The van der Waals surface area contributed by atoms with Crippen molar-refractivity contribution in [1.29, 1.82) is 0 Å². The third-order valence-corrected chi connectivity index (χ3v) is 7.87. The molecular formula is C36H30O6S2. The molecule has 2 aromatic carbocycles. The Hall–Kier alpha value is -5.02. The number of hydrogen-bond acceptors (Lipinski definition) is 8. The Morgan fingerprint density at radius 1 is 0.636 bits per heavy atom. The standard InChI is InChI=1S/C36H30O6S2/c1-5-33(37)39-19-21-41-35-17-13-29(43-35)11-7-27-9-15-31(25(3)23-27)32-16-10-28(24-26(32)4)8-12-30-14-18-36(44-30)42-22-20-40-34(38)6-2/h5-6,9-10,13-18,23-24H,1-2,19-22H2,3-4H3. The lowest BCUT2D eigenvalue weighted by Gasteiger charge is -2.10. The number of hydrogen-bond donors (Lipinski definition) is 0. The van der Waals surface area contributed by atoms with Crippen LogP contribution in [0.25, 0.3) is 11.1 Å². The van der Waals surface area contributed by atoms with E-state index in [4.69, 9.17) is 18.9 Å². The third kappa shape index (κ3) is 9.50. The van der Waals surface area contributed by atoms with E-state index in [9.17, 15) is 9.59 Å². The van der Waals surface area contributed by atoms with Crippen molar-refractivity contribution in [3.63, 3.8) is 0 Å². The number of rotatable bonds is 11. The van der Waals surface area contributed by atoms with Crippen LogP contribution in [-0.2, 0) is 19.1 Å². The van der Waals surface area contributed by atoms with E-state index in [1.54, 1.807) is 0 Å². The zero-order valence-electron chi connectivity index (χ0n) is 24.4. The van der Waals surface area contributed by atoms with E-state index >= 15 is 0 Å². The van der Waals surface area contributed by atoms with E-state index in [1.165, 1.54) is 22.7 Å². The number of benzene rings is 2. The molecule has 0 amide bonds. The summed E-state index contributed by atoms with van der Waals surface area (Å²) < 4.78 is 21.1. The first-order valence-electron chi connectivity index (χ1n) is 13.6. The summed E-state index contributed by atoms with van der Waals surface area (Å²) in [6.45, 7) is 11.8. The van der Waals surface area contributed by atoms with Crippen LogP contribution in [0.1, 0.15) is 32.0 Å². The van der Waals surface area contributed by atoms with Crippen molar-refractivity contribution in [1.82, 2.24) is 0 Å². The molecule has 4 rings (SSSR count). The second kappa shape index (κ2) is 16.0. The Balaban J connectivity index is 1.34. The van der Waals surface area contributed by atoms with Gasteiger partial charge in [-0.25, -0.2) is 9.59 Å². The SMILES string of the molecule is C=CC(=O)OCCOc1ccc(C#Cc2ccc(-c3ccc(C#Cc4ccc(OCCOC(=O)C=C)s4)cc3C)c(C)c2)s1. The number of thiophene rings is 2. The van der Waals surface area contributed by atoms with Gasteiger partial charge >= 0.3 is 11.9 Å². The lowest BCUT2D eigenvalue weighted by molar-refractivity contribution is -0.139. The molecule has 0 saturated carbocycles. The van der Waals surface area contributed by atoms with Crippen molar-refractivity contribution in [3.05, 3.63) is 118 Å². The molecule has 0 aliphatic carbocycles. The molecule has 0 fully saturated rings. The highest BCUT2D eigenvalue weighted by molar-refractivity contribution is 7.14. The second-order valence-electron chi connectivity index (χ2n) is 9.24. The van der Waals surface area contributed by atoms with Gasteiger partial charge in [-0.1, -0.05) is 71.6 Å². The zero-order chi connectivity index (χ0) is 31.3. The fourth-order valence-electron chi connectivity index (χ4n) is 3.97. The van der Waals surface area contributed by atoms with Crippen molar-refractivity contribution < 1.29 is 28.5 Å². The minimum absolute atomic E-state index is 0.164. The van der Waals surface area contributed by atoms with Gasteiger partial charge in [-0.3, -0.25) is 0 Å². The van der Waals surface area contributed by atoms with E-state index in [1.807, 2.05) is 36.4 Å². The summed E-state index contributed by atoms with van der Waals surface area (Å²) in [6.07, 6.45) is 2.25. The minimum atomic E-state index is -0.467. The van der Waals surface area contributed by atoms with Gasteiger partial charge in [0.05, 0.1) is 9.75 Å². The molecule has 6 nitrogen and oxygen atoms in total. The van der Waals surface area contributed by atoms with Crippen LogP contribution >= 0.6 is 22.7 Å². The monoisotopic (exact) mass is 622 g/mol. The lowest BCUT2D eigenvalue weighted by Crippen LogP contribution is -2.09. The Labute approximate surface area is 265 Å². The smallest absolute Gasteiger partial charge is 0.330 e. The van der Waals surface area contributed by atoms with E-state index in [2.05, 4.69) is 75.0 Å². The summed E-state index contributed by atoms with van der Waals surface area (Å²) in [5.74, 6) is 11.9. The summed E-state index contributed by atoms with van der Waals surface area (Å²) in [6, 6.07) is 20.0. The van der Waals surface area contributed by atoms with Gasteiger partial charge in [0.1, 0.15) is 26.4 Å². The molecule has 0 spiro atoms. The largest absolute Gasteiger partial charge is 0.480 e. The van der Waals surface area contributed by atoms with E-state index in [0.29, 0.717) is 10.1 Å². The van der Waals surface area contributed by atoms with Gasteiger partial charge in [-0.15, -0.1) is 0 Å². The van der Waals surface area contributed by atoms with E-state index < -0.39 is 11.9 Å². The van der Waals surface area contributed by atoms with Gasteiger partial charge in [0.25, 0.3) is 0 Å². The summed E-state index contributed by atoms with van der Waals surface area (Å²) >= 11 is 2.89. The van der Waals surface area contributed by atoms with Gasteiger partial charge in [0.2, 0.25) is 0 Å². The van der Waals surface area contributed by atoms with Gasteiger partial charge < -0.3 is 18.9 Å². The normalized spacial score (nSPS) is 9.95. The van der Waals surface area contributed by atoms with Crippen LogP contribution in [-0.4, -0.2) is 38.4 Å². The molecule has 0 atom stereocenters. The quantitative estimate of drug-likeness (QED) is 0.0769. The number of aryl methyl sites for hydroxylation is 2. The Morgan fingerprint density at radius 3 is 1.45 bits per heavy atom. The first-order valence-corrected chi connectivity index (χ1v) is 15.3. The van der Waals surface area contributed by atoms with Gasteiger partial charge in [-0.2, -0.15) is 0 Å². The molecule has 8 heteroatoms. The molecular weight excluding hydrogens is 593 g/mol. The molecule has 0 aliphatic heterocycles. The first kappa shape index (κ1) is 31.9. The highest BCUT2D eigenvalue weighted by Gasteiger charge is 2.07. The highest BCUT2D eigenvalue weighted by Crippen LogP contribution is 2.29. The maximum absolute atomic E-state index is 11.1. The van der Waals surface area contributed by atoms with Gasteiger partial charge in [0.15, 0.2) is 10.1 Å². The lowest BCUT2D eigenvalue weighted by atomic mass is 9.94. The minimum Gasteiger partial charge on any atom is -0.480 e. The van der Waals surface area contributed by atoms with Crippen molar-refractivity contribution in [2.75, 3.05) is 26.4 Å². The maximum atomic E-state index is 11.1. The molecule has 0 aliphatic rings. The summed E-state index contributed by atoms with van der Waals surface area (Å²) in [5, 5.41) is 1.43. The Bertz CT molecular complexity index is 1660. The van der Waals surface area contributed by atoms with Crippen LogP contribution in [0.5, 0.6) is 10.1 Å². The fraction of sp³-hybridized carbons (Fsp3) is 0.167. The van der Waals surface area contributed by atoms with Gasteiger partial charge in [-0.05, 0) is 84.6 Å². The third-order valence-electron chi connectivity index (χ3n) is 6.04. The van der Waals surface area contributed by atoms with Crippen LogP contribution in [0.15, 0.2) is 86.0 Å². The second-order valence-corrected chi connectivity index (χ2v) is 11.3. The van der Waals surface area contributed by atoms with Crippen LogP contribution in [0, 0.1) is 37.5 Å². The van der Waals surface area contributed by atoms with Crippen LogP contribution in [0.2, 0.25) is 0 Å². The van der Waals surface area contributed by atoms with Gasteiger partial charge in [0, 0.05) is 23.3 Å². The highest BCUT2D eigenvalue weighted by atomic mass is 32.1. The molecule has 0 saturated heterocycles. The van der Waals surface area contributed by atoms with Crippen molar-refractivity contribution >= 4 is 34.6 Å². The van der Waals surface area contributed by atoms with Crippen molar-refractivity contribution in [3.8, 4) is 44.9 Å². The molecule has 0 bridgehead atoms. The zero-order valence-corrected chi connectivity index (χ0v) is 26.1. The first-order chi connectivity index (χ1) is 21.3. The molecule has 44 heavy (non-hydrogen) atoms. The molecule has 222 valence electrons. The Kier molecular flexibility index (Phi) is 11.6. The van der Waals surface area contributed by atoms with Crippen LogP contribution < -0.4 is 9.47 Å². The number of carbonyl (C=O) groups excluding carboxylic acids is 2. The average molecular weight is 623 g/mol. The molecule has 0 unspecified atom stereocenters. The topological polar surface area (TPSA) is 71.1 Å². The molecule has 2 heterocycles. The predicted molar refractivity (Wildman–Crippen MR) is 175 cm³/mol. The summed E-state index contributed by atoms with van der Waals surface area (Å²) in [7, 11) is 0. The van der Waals surface area contributed by atoms with Crippen molar-refractivity contribution in [2.45, 2.75) is 13.8 Å². The summed E-state index contributed by atoms with van der Waals surface area (Å²) in [4.78, 5) is 23.9. The number of carbonyl (C=O) groups is 2. The van der Waals surface area contributed by atoms with E-state index in [-0.39, 0.29) is 26.4 Å². The van der Waals surface area contributed by atoms with Crippen LogP contribution in [0.3, 0.4) is 0 Å². The summed E-state index contributed by atoms with van der Waals surface area (Å²) in [5.41, 5.74) is 6.42. The average Bonchev–Trinajstić information content (AvgIpc) is 3.69. The van der Waals surface area contributed by atoms with E-state index in [0.717, 1.165) is 55.3 Å². The maximum Gasteiger partial charge on any atom is 0.330 e. The van der Waals surface area contributed by atoms with Crippen LogP contribution in [0.4, 0.5) is 0 Å².